The number of aromatic hydroxyl groups is 1. The summed E-state index contributed by atoms with van der Waals surface area (Å²) in [4.78, 5) is 24.3. The molecule has 1 atom stereocenters. The fourth-order valence-corrected chi connectivity index (χ4v) is 3.73. The number of phenolic OH excluding ortho intramolecular Hbond substituents is 1. The zero-order valence-corrected chi connectivity index (χ0v) is 17.5. The fourth-order valence-electron chi connectivity index (χ4n) is 3.37. The average Bonchev–Trinajstić information content (AvgIpc) is 2.72. The number of phenols is 1. The summed E-state index contributed by atoms with van der Waals surface area (Å²) in [6, 6.07) is 6.93. The van der Waals surface area contributed by atoms with Crippen LogP contribution in [0.4, 0.5) is 24.5 Å². The summed E-state index contributed by atoms with van der Waals surface area (Å²) in [5, 5.41) is 23.7. The molecular formula is C20H16F3N3O5S. The molecule has 1 aliphatic rings. The molecule has 3 rings (SSSR count). The van der Waals surface area contributed by atoms with Gasteiger partial charge in [0.05, 0.1) is 29.2 Å². The molecule has 0 amide bonds. The summed E-state index contributed by atoms with van der Waals surface area (Å²) < 4.78 is 44.4. The third-order valence-electron chi connectivity index (χ3n) is 4.85. The fraction of sp³-hybridized carbons (Fsp3) is 0.200. The molecule has 12 heteroatoms. The number of rotatable bonds is 4. The van der Waals surface area contributed by atoms with E-state index in [1.165, 1.54) is 30.0 Å². The van der Waals surface area contributed by atoms with E-state index < -0.39 is 40.1 Å². The number of allylic oxidation sites excluding steroid dienone is 1. The van der Waals surface area contributed by atoms with Crippen LogP contribution in [0.1, 0.15) is 24.1 Å². The van der Waals surface area contributed by atoms with Gasteiger partial charge in [-0.05, 0) is 49.0 Å². The second-order valence-electron chi connectivity index (χ2n) is 6.76. The van der Waals surface area contributed by atoms with Crippen molar-refractivity contribution in [1.82, 2.24) is 5.32 Å². The van der Waals surface area contributed by atoms with Crippen LogP contribution in [0, 0.1) is 10.1 Å². The van der Waals surface area contributed by atoms with E-state index >= 15 is 0 Å². The molecule has 1 heterocycles. The zero-order valence-electron chi connectivity index (χ0n) is 16.6. The maximum atomic E-state index is 13.2. The van der Waals surface area contributed by atoms with Gasteiger partial charge >= 0.3 is 17.8 Å². The number of nitro groups is 1. The number of carbonyl (C=O) groups is 1. The number of ether oxygens (including phenoxy) is 1. The van der Waals surface area contributed by atoms with Gasteiger partial charge in [-0.25, -0.2) is 4.79 Å². The number of anilines is 1. The third-order valence-corrected chi connectivity index (χ3v) is 5.15. The molecule has 0 fully saturated rings. The van der Waals surface area contributed by atoms with Gasteiger partial charge in [-0.2, -0.15) is 13.2 Å². The van der Waals surface area contributed by atoms with Crippen molar-refractivity contribution in [2.24, 2.45) is 0 Å². The number of nitrogens with zero attached hydrogens (tertiary/aromatic N) is 2. The predicted octanol–water partition coefficient (Wildman–Crippen LogP) is 4.20. The summed E-state index contributed by atoms with van der Waals surface area (Å²) in [6.07, 6.45) is -4.59. The van der Waals surface area contributed by atoms with Crippen molar-refractivity contribution >= 4 is 34.7 Å². The summed E-state index contributed by atoms with van der Waals surface area (Å²) in [7, 11) is 1.13. The van der Waals surface area contributed by atoms with Gasteiger partial charge in [-0.3, -0.25) is 15.0 Å². The van der Waals surface area contributed by atoms with Crippen molar-refractivity contribution in [3.05, 3.63) is 75.0 Å². The average molecular weight is 467 g/mol. The van der Waals surface area contributed by atoms with Gasteiger partial charge in [0.2, 0.25) is 0 Å². The van der Waals surface area contributed by atoms with Crippen LogP contribution in [0.2, 0.25) is 0 Å². The van der Waals surface area contributed by atoms with Crippen LogP contribution >= 0.6 is 12.2 Å². The lowest BCUT2D eigenvalue weighted by Gasteiger charge is -2.37. The standard InChI is InChI=1S/C20H16F3N3O5S/c1-10-16(18(28)31-2)17(11-6-7-15(27)14(8-11)26(29)30)24-19(32)25(10)13-5-3-4-12(9-13)20(21,22)23/h3-9,17,27H,1-2H3,(H,24,32). The SMILES string of the molecule is COC(=O)C1=C(C)N(c2cccc(C(F)(F)F)c2)C(=S)NC1c1ccc(O)c([N+](=O)[O-])c1. The van der Waals surface area contributed by atoms with Crippen molar-refractivity contribution in [3.63, 3.8) is 0 Å². The van der Waals surface area contributed by atoms with Crippen LogP contribution in [0.15, 0.2) is 53.7 Å². The number of halogens is 3. The Kier molecular flexibility index (Phi) is 6.08. The molecule has 0 bridgehead atoms. The van der Waals surface area contributed by atoms with E-state index in [4.69, 9.17) is 17.0 Å². The van der Waals surface area contributed by atoms with Crippen molar-refractivity contribution in [2.75, 3.05) is 12.0 Å². The molecule has 0 saturated carbocycles. The van der Waals surface area contributed by atoms with Crippen LogP contribution < -0.4 is 10.2 Å². The highest BCUT2D eigenvalue weighted by atomic mass is 32.1. The van der Waals surface area contributed by atoms with Gasteiger partial charge in [-0.1, -0.05) is 12.1 Å². The number of hydrogen-bond donors (Lipinski definition) is 2. The smallest absolute Gasteiger partial charge is 0.416 e. The molecule has 168 valence electrons. The molecule has 32 heavy (non-hydrogen) atoms. The second kappa shape index (κ2) is 8.46. The Labute approximate surface area is 185 Å². The first-order valence-electron chi connectivity index (χ1n) is 9.00. The maximum absolute atomic E-state index is 13.2. The first kappa shape index (κ1) is 23.0. The number of esters is 1. The van der Waals surface area contributed by atoms with Crippen molar-refractivity contribution < 1.29 is 32.7 Å². The van der Waals surface area contributed by atoms with Gasteiger partial charge in [-0.15, -0.1) is 0 Å². The van der Waals surface area contributed by atoms with Crippen LogP contribution in [-0.2, 0) is 15.7 Å². The van der Waals surface area contributed by atoms with E-state index in [0.29, 0.717) is 0 Å². The third kappa shape index (κ3) is 4.21. The van der Waals surface area contributed by atoms with Crippen LogP contribution in [0.3, 0.4) is 0 Å². The largest absolute Gasteiger partial charge is 0.502 e. The van der Waals surface area contributed by atoms with E-state index in [2.05, 4.69) is 5.32 Å². The molecule has 0 spiro atoms. The summed E-state index contributed by atoms with van der Waals surface area (Å²) in [6.45, 7) is 1.47. The van der Waals surface area contributed by atoms with E-state index in [1.807, 2.05) is 0 Å². The summed E-state index contributed by atoms with van der Waals surface area (Å²) in [5.74, 6) is -1.38. The topological polar surface area (TPSA) is 105 Å². The molecule has 0 aliphatic carbocycles. The van der Waals surface area contributed by atoms with Crippen LogP contribution in [-0.4, -0.2) is 28.2 Å². The Bertz CT molecular complexity index is 1150. The highest BCUT2D eigenvalue weighted by molar-refractivity contribution is 7.80. The number of methoxy groups -OCH3 is 1. The first-order chi connectivity index (χ1) is 15.0. The molecular weight excluding hydrogens is 451 g/mol. The number of hydrogen-bond acceptors (Lipinski definition) is 6. The molecule has 0 radical (unpaired) electrons. The quantitative estimate of drug-likeness (QED) is 0.298. The van der Waals surface area contributed by atoms with Crippen LogP contribution in [0.5, 0.6) is 5.75 Å². The second-order valence-corrected chi connectivity index (χ2v) is 7.15. The van der Waals surface area contributed by atoms with E-state index in [-0.39, 0.29) is 27.6 Å². The van der Waals surface area contributed by atoms with Gasteiger partial charge in [0.15, 0.2) is 10.9 Å². The van der Waals surface area contributed by atoms with E-state index in [1.54, 1.807) is 0 Å². The van der Waals surface area contributed by atoms with Gasteiger partial charge in [0.1, 0.15) is 0 Å². The predicted molar refractivity (Wildman–Crippen MR) is 112 cm³/mol. The normalized spacial score (nSPS) is 16.6. The summed E-state index contributed by atoms with van der Waals surface area (Å²) >= 11 is 5.35. The number of benzene rings is 2. The van der Waals surface area contributed by atoms with Gasteiger partial charge in [0.25, 0.3) is 0 Å². The molecule has 2 N–H and O–H groups in total. The number of carbonyl (C=O) groups excluding carboxylic acids is 1. The van der Waals surface area contributed by atoms with Gasteiger partial charge in [0, 0.05) is 17.5 Å². The minimum absolute atomic E-state index is 0.0153. The van der Waals surface area contributed by atoms with Crippen molar-refractivity contribution in [1.29, 1.82) is 0 Å². The van der Waals surface area contributed by atoms with Gasteiger partial charge < -0.3 is 15.2 Å². The number of alkyl halides is 3. The lowest BCUT2D eigenvalue weighted by molar-refractivity contribution is -0.385. The minimum atomic E-state index is -4.59. The Hall–Kier alpha value is -3.67. The minimum Gasteiger partial charge on any atom is -0.502 e. The lowest BCUT2D eigenvalue weighted by atomic mass is 9.94. The maximum Gasteiger partial charge on any atom is 0.416 e. The van der Waals surface area contributed by atoms with E-state index in [0.717, 1.165) is 31.4 Å². The van der Waals surface area contributed by atoms with Crippen LogP contribution in [0.25, 0.3) is 0 Å². The summed E-state index contributed by atoms with van der Waals surface area (Å²) in [5.41, 5.74) is -1.04. The van der Waals surface area contributed by atoms with Crippen molar-refractivity contribution in [2.45, 2.75) is 19.1 Å². The molecule has 2 aromatic rings. The molecule has 8 nitrogen and oxygen atoms in total. The highest BCUT2D eigenvalue weighted by Gasteiger charge is 2.37. The number of nitro benzene ring substituents is 1. The monoisotopic (exact) mass is 467 g/mol. The zero-order chi connectivity index (χ0) is 23.8. The molecule has 0 aromatic heterocycles. The van der Waals surface area contributed by atoms with E-state index in [9.17, 15) is 33.2 Å². The number of thiocarbonyl (C=S) groups is 1. The molecule has 0 saturated heterocycles. The Morgan fingerprint density at radius 3 is 2.56 bits per heavy atom. The Morgan fingerprint density at radius 1 is 1.28 bits per heavy atom. The molecule has 2 aromatic carbocycles. The first-order valence-corrected chi connectivity index (χ1v) is 9.40. The highest BCUT2D eigenvalue weighted by Crippen LogP contribution is 2.38. The molecule has 1 unspecified atom stereocenters. The lowest BCUT2D eigenvalue weighted by Crippen LogP contribution is -2.48. The van der Waals surface area contributed by atoms with Crippen molar-refractivity contribution in [3.8, 4) is 5.75 Å². The number of nitrogens with one attached hydrogen (secondary N) is 1. The molecule has 1 aliphatic heterocycles. The Morgan fingerprint density at radius 2 is 1.97 bits per heavy atom. The Balaban J connectivity index is 2.17.